The molecule has 2 aromatic carbocycles. The number of nitrogens with one attached hydrogen (secondary N) is 3. The van der Waals surface area contributed by atoms with E-state index < -0.39 is 34.9 Å². The lowest BCUT2D eigenvalue weighted by atomic mass is 9.83. The Kier molecular flexibility index (Phi) is 12.1. The van der Waals surface area contributed by atoms with Crippen molar-refractivity contribution in [3.05, 3.63) is 59.3 Å². The molecule has 61 heavy (non-hydrogen) atoms. The molecule has 326 valence electrons. The van der Waals surface area contributed by atoms with Gasteiger partial charge in [-0.3, -0.25) is 24.5 Å². The van der Waals surface area contributed by atoms with Crippen LogP contribution < -0.4 is 35.4 Å². The highest BCUT2D eigenvalue weighted by Crippen LogP contribution is 2.41. The van der Waals surface area contributed by atoms with Gasteiger partial charge in [0.15, 0.2) is 5.82 Å². The Morgan fingerprint density at radius 1 is 1.05 bits per heavy atom. The number of halogens is 2. The summed E-state index contributed by atoms with van der Waals surface area (Å²) in [6.45, 7) is 5.37. The number of hydrogen-bond acceptors (Lipinski definition) is 12. The average molecular weight is 844 g/mol. The fourth-order valence-corrected chi connectivity index (χ4v) is 9.94. The Morgan fingerprint density at radius 3 is 2.43 bits per heavy atom. The Morgan fingerprint density at radius 2 is 1.77 bits per heavy atom. The molecule has 1 saturated carbocycles. The summed E-state index contributed by atoms with van der Waals surface area (Å²) in [5.41, 5.74) is 1.16. The van der Waals surface area contributed by atoms with E-state index in [1.807, 2.05) is 11.8 Å². The molecular formula is C44H55F2N9O6. The molecule has 8 rings (SSSR count). The molecule has 0 bridgehead atoms. The van der Waals surface area contributed by atoms with Crippen LogP contribution in [-0.4, -0.2) is 115 Å². The van der Waals surface area contributed by atoms with Crippen LogP contribution in [0.15, 0.2) is 36.5 Å². The van der Waals surface area contributed by atoms with Gasteiger partial charge in [0.2, 0.25) is 23.7 Å². The summed E-state index contributed by atoms with van der Waals surface area (Å²) in [4.78, 5) is 68.5. The number of aromatic nitrogens is 2. The highest BCUT2D eigenvalue weighted by molar-refractivity contribution is 6.04. The van der Waals surface area contributed by atoms with E-state index in [1.165, 1.54) is 19.2 Å². The Balaban J connectivity index is 0.872. The molecule has 4 N–H and O–H groups in total. The number of fused-ring (bicyclic) bond motifs is 1. The van der Waals surface area contributed by atoms with Gasteiger partial charge < -0.3 is 40.1 Å². The lowest BCUT2D eigenvalue weighted by molar-refractivity contribution is -0.134. The summed E-state index contributed by atoms with van der Waals surface area (Å²) < 4.78 is 36.0. The Hall–Kier alpha value is -5.42. The van der Waals surface area contributed by atoms with Gasteiger partial charge in [-0.25, -0.2) is 13.8 Å². The molecular weight excluding hydrogens is 789 g/mol. The molecule has 3 saturated heterocycles. The van der Waals surface area contributed by atoms with Crippen LogP contribution in [0, 0.1) is 17.6 Å². The van der Waals surface area contributed by atoms with Crippen LogP contribution in [-0.2, 0) is 14.4 Å². The van der Waals surface area contributed by atoms with Crippen LogP contribution in [0.3, 0.4) is 0 Å². The van der Waals surface area contributed by atoms with Crippen molar-refractivity contribution in [1.29, 1.82) is 0 Å². The third kappa shape index (κ3) is 8.46. The maximum absolute atomic E-state index is 15.2. The van der Waals surface area contributed by atoms with E-state index in [2.05, 4.69) is 30.7 Å². The number of anilines is 5. The molecule has 4 amide bonds. The number of nitrogens with zero attached hydrogens (tertiary/aromatic N) is 6. The van der Waals surface area contributed by atoms with E-state index in [-0.39, 0.29) is 54.8 Å². The maximum Gasteiger partial charge on any atom is 0.251 e. The van der Waals surface area contributed by atoms with Crippen molar-refractivity contribution >= 4 is 52.5 Å². The summed E-state index contributed by atoms with van der Waals surface area (Å²) >= 11 is 0. The summed E-state index contributed by atoms with van der Waals surface area (Å²) in [5, 5.41) is 18.7. The van der Waals surface area contributed by atoms with Crippen molar-refractivity contribution < 1.29 is 37.8 Å². The Bertz CT molecular complexity index is 2150. The lowest BCUT2D eigenvalue weighted by Gasteiger charge is -2.47. The van der Waals surface area contributed by atoms with E-state index in [0.717, 1.165) is 38.0 Å². The molecule has 1 unspecified atom stereocenters. The van der Waals surface area contributed by atoms with E-state index >= 15 is 8.78 Å². The largest absolute Gasteiger partial charge is 0.495 e. The SMILES string of the molecule is CC[C@@H]1C(=O)N(C)c2cnc(Nc3ccc(C(=O)NC4(CCO)CCN(CC5CN(c6cc(F)c(C7CCC(=O)NC7=O)c(F)c6)C5)CC4)cc3OC)nc2N1C1CCCC1. The quantitative estimate of drug-likeness (QED) is 0.177. The minimum absolute atomic E-state index is 0.0356. The van der Waals surface area contributed by atoms with Crippen molar-refractivity contribution in [3.63, 3.8) is 0 Å². The summed E-state index contributed by atoms with van der Waals surface area (Å²) in [6.07, 6.45) is 8.39. The molecule has 4 fully saturated rings. The third-order valence-corrected chi connectivity index (χ3v) is 13.4. The normalized spacial score (nSPS) is 22.2. The number of amides is 4. The van der Waals surface area contributed by atoms with Crippen molar-refractivity contribution in [2.24, 2.45) is 5.92 Å². The highest BCUT2D eigenvalue weighted by Gasteiger charge is 2.42. The molecule has 0 spiro atoms. The van der Waals surface area contributed by atoms with Gasteiger partial charge in [0.1, 0.15) is 29.1 Å². The van der Waals surface area contributed by atoms with E-state index in [1.54, 1.807) is 36.3 Å². The summed E-state index contributed by atoms with van der Waals surface area (Å²) in [6, 6.07) is 7.62. The van der Waals surface area contributed by atoms with Crippen molar-refractivity contribution in [3.8, 4) is 5.75 Å². The van der Waals surface area contributed by atoms with E-state index in [4.69, 9.17) is 9.72 Å². The molecule has 0 radical (unpaired) electrons. The zero-order valence-electron chi connectivity index (χ0n) is 35.0. The van der Waals surface area contributed by atoms with Crippen LogP contribution in [0.4, 0.5) is 37.6 Å². The van der Waals surface area contributed by atoms with Crippen molar-refractivity contribution in [2.45, 2.75) is 94.7 Å². The number of methoxy groups -OCH3 is 1. The lowest BCUT2D eigenvalue weighted by Crippen LogP contribution is -2.58. The standard InChI is InChI=1S/C44H55F2N9O6/c1-4-34-42(60)52(2)35-22-47-43(50-39(35)55(34)28-7-5-6-8-28)48-33-11-9-27(19-36(33)61-3)40(58)51-44(15-18-56)13-16-53(17-14-44)23-26-24-54(25-26)29-20-31(45)38(32(46)21-29)30-10-12-37(57)49-41(30)59/h9,11,19-22,26,28,30,34,56H,4-8,10,12-18,23-25H2,1-3H3,(H,51,58)(H,47,48,50)(H,49,57,59)/t30?,34-/m1/s1. The molecule has 2 atom stereocenters. The number of rotatable bonds is 13. The van der Waals surface area contributed by atoms with Gasteiger partial charge in [0.05, 0.1) is 24.9 Å². The molecule has 15 nitrogen and oxygen atoms in total. The number of hydrogen-bond donors (Lipinski definition) is 4. The van der Waals surface area contributed by atoms with Gasteiger partial charge in [-0.1, -0.05) is 19.8 Å². The second kappa shape index (κ2) is 17.5. The van der Waals surface area contributed by atoms with Gasteiger partial charge in [-0.05, 0) is 75.3 Å². The van der Waals surface area contributed by atoms with Crippen LogP contribution in [0.2, 0.25) is 0 Å². The number of aliphatic hydroxyl groups is 1. The first-order valence-electron chi connectivity index (χ1n) is 21.5. The molecule has 17 heteroatoms. The van der Waals surface area contributed by atoms with Crippen LogP contribution >= 0.6 is 0 Å². The number of carbonyl (C=O) groups excluding carboxylic acids is 4. The zero-order valence-corrected chi connectivity index (χ0v) is 35.0. The Labute approximate surface area is 354 Å². The zero-order chi connectivity index (χ0) is 43.0. The van der Waals surface area contributed by atoms with Crippen molar-refractivity contribution in [1.82, 2.24) is 25.5 Å². The van der Waals surface area contributed by atoms with Gasteiger partial charge in [0.25, 0.3) is 5.91 Å². The fraction of sp³-hybridized carbons (Fsp3) is 0.545. The van der Waals surface area contributed by atoms with Crippen LogP contribution in [0.1, 0.15) is 93.0 Å². The molecule has 1 aliphatic carbocycles. The van der Waals surface area contributed by atoms with E-state index in [9.17, 15) is 24.3 Å². The first kappa shape index (κ1) is 42.3. The van der Waals surface area contributed by atoms with Gasteiger partial charge in [0, 0.05) is 87.1 Å². The molecule has 5 heterocycles. The minimum atomic E-state index is -1.04. The highest BCUT2D eigenvalue weighted by atomic mass is 19.1. The van der Waals surface area contributed by atoms with Crippen LogP contribution in [0.25, 0.3) is 0 Å². The number of ether oxygens (including phenoxy) is 1. The fourth-order valence-electron chi connectivity index (χ4n) is 9.94. The number of benzene rings is 2. The summed E-state index contributed by atoms with van der Waals surface area (Å²) in [5.74, 6) is -2.19. The topological polar surface area (TPSA) is 173 Å². The third-order valence-electron chi connectivity index (χ3n) is 13.4. The average Bonchev–Trinajstić information content (AvgIpc) is 3.76. The van der Waals surface area contributed by atoms with Gasteiger partial charge in [-0.2, -0.15) is 4.98 Å². The predicted octanol–water partition coefficient (Wildman–Crippen LogP) is 4.61. The van der Waals surface area contributed by atoms with E-state index in [0.29, 0.717) is 86.2 Å². The maximum atomic E-state index is 15.2. The number of piperidine rings is 2. The molecule has 4 aliphatic heterocycles. The first-order chi connectivity index (χ1) is 29.4. The summed E-state index contributed by atoms with van der Waals surface area (Å²) in [7, 11) is 3.30. The number of aliphatic hydroxyl groups excluding tert-OH is 1. The molecule has 3 aromatic rings. The van der Waals surface area contributed by atoms with Gasteiger partial charge in [-0.15, -0.1) is 0 Å². The predicted molar refractivity (Wildman–Crippen MR) is 225 cm³/mol. The number of imide groups is 1. The van der Waals surface area contributed by atoms with Crippen molar-refractivity contribution in [2.75, 3.05) is 73.5 Å². The molecule has 1 aromatic heterocycles. The number of likely N-dealkylation sites (N-methyl/N-ethyl adjacent to an activating group) is 1. The molecule has 5 aliphatic rings. The monoisotopic (exact) mass is 843 g/mol. The number of carbonyl (C=O) groups is 4. The smallest absolute Gasteiger partial charge is 0.251 e. The van der Waals surface area contributed by atoms with Gasteiger partial charge >= 0.3 is 0 Å². The number of likely N-dealkylation sites (tertiary alicyclic amines) is 1. The first-order valence-corrected chi connectivity index (χ1v) is 21.5. The second-order valence-corrected chi connectivity index (χ2v) is 17.2. The second-order valence-electron chi connectivity index (χ2n) is 17.2. The minimum Gasteiger partial charge on any atom is -0.495 e. The van der Waals surface area contributed by atoms with Crippen LogP contribution in [0.5, 0.6) is 5.75 Å².